The Morgan fingerprint density at radius 3 is 2.11 bits per heavy atom. The molecule has 0 spiro atoms. The highest BCUT2D eigenvalue weighted by Crippen LogP contribution is 2.55. The Morgan fingerprint density at radius 1 is 0.857 bits per heavy atom. The summed E-state index contributed by atoms with van der Waals surface area (Å²) in [7, 11) is -8.69. The number of benzene rings is 2. The fourth-order valence-electron chi connectivity index (χ4n) is 8.24. The number of carbonyl (C=O) groups is 1. The van der Waals surface area contributed by atoms with Crippen molar-refractivity contribution in [2.24, 2.45) is 0 Å². The Labute approximate surface area is 364 Å². The Morgan fingerprint density at radius 2 is 1.49 bits per heavy atom. The van der Waals surface area contributed by atoms with Gasteiger partial charge in [0.05, 0.1) is 22.5 Å². The van der Waals surface area contributed by atoms with Crippen LogP contribution in [0.1, 0.15) is 108 Å². The van der Waals surface area contributed by atoms with E-state index >= 15 is 4.39 Å². The summed E-state index contributed by atoms with van der Waals surface area (Å²) < 4.78 is 127. The average Bonchev–Trinajstić information content (AvgIpc) is 3.60. The van der Waals surface area contributed by atoms with Gasteiger partial charge in [-0.2, -0.15) is 34.6 Å². The first-order chi connectivity index (χ1) is 29.3. The highest BCUT2D eigenvalue weighted by Gasteiger charge is 2.49. The van der Waals surface area contributed by atoms with Crippen LogP contribution in [-0.2, 0) is 48.6 Å². The summed E-state index contributed by atoms with van der Waals surface area (Å²) in [6, 6.07) is 13.6. The van der Waals surface area contributed by atoms with Crippen LogP contribution in [0.2, 0.25) is 0 Å². The monoisotopic (exact) mass is 924 g/mol. The van der Waals surface area contributed by atoms with E-state index in [0.29, 0.717) is 42.3 Å². The molecule has 0 saturated carbocycles. The fourth-order valence-corrected chi connectivity index (χ4v) is 9.38. The van der Waals surface area contributed by atoms with Crippen molar-refractivity contribution in [3.8, 4) is 11.8 Å². The SMILES string of the molecule is CC(C)(C)c1cc(C=CC=C2N(CCCCS(=O)(=O)O)c3cc(F)cc(C(F)(F)F)c3C2(C)CCCCS(=O)(=O)O)c2ccccc2[n+]1CCCCCC(=O)On1c(O)ccc1O. The van der Waals surface area contributed by atoms with Gasteiger partial charge >= 0.3 is 12.1 Å². The number of hydrogen-bond donors (Lipinski definition) is 4. The quantitative estimate of drug-likeness (QED) is 0.0306. The van der Waals surface area contributed by atoms with E-state index < -0.39 is 72.4 Å². The minimum atomic E-state index is -4.98. The van der Waals surface area contributed by atoms with Crippen LogP contribution in [0.5, 0.6) is 11.8 Å². The molecule has 63 heavy (non-hydrogen) atoms. The van der Waals surface area contributed by atoms with Crippen LogP contribution in [0.4, 0.5) is 23.2 Å². The van der Waals surface area contributed by atoms with Gasteiger partial charge in [-0.1, -0.05) is 51.5 Å². The predicted molar refractivity (Wildman–Crippen MR) is 230 cm³/mol. The van der Waals surface area contributed by atoms with Gasteiger partial charge < -0.3 is 20.0 Å². The lowest BCUT2D eigenvalue weighted by atomic mass is 9.75. The molecule has 344 valence electrons. The smallest absolute Gasteiger partial charge is 0.416 e. The number of alkyl halides is 3. The van der Waals surface area contributed by atoms with Gasteiger partial charge in [-0.15, -0.1) is 4.73 Å². The third-order valence-electron chi connectivity index (χ3n) is 11.1. The van der Waals surface area contributed by atoms with Crippen molar-refractivity contribution in [3.05, 3.63) is 101 Å². The molecule has 4 N–H and O–H groups in total. The molecule has 4 aromatic rings. The number of unbranched alkanes of at least 4 members (excludes halogenated alkanes) is 4. The molecule has 2 aromatic heterocycles. The average molecular weight is 925 g/mol. The zero-order chi connectivity index (χ0) is 46.5. The van der Waals surface area contributed by atoms with Gasteiger partial charge in [0, 0.05) is 65.9 Å². The summed E-state index contributed by atoms with van der Waals surface area (Å²) in [5.74, 6) is -3.77. The number of aromatic hydroxyl groups is 2. The van der Waals surface area contributed by atoms with E-state index in [1.54, 1.807) is 19.1 Å². The van der Waals surface area contributed by atoms with Gasteiger partial charge in [0.2, 0.25) is 17.3 Å². The molecule has 19 heteroatoms. The number of nitrogens with zero attached hydrogens (tertiary/aromatic N) is 3. The second kappa shape index (κ2) is 19.4. The number of allylic oxidation sites excluding steroid dienone is 3. The molecule has 1 unspecified atom stereocenters. The van der Waals surface area contributed by atoms with Gasteiger partial charge in [-0.3, -0.25) is 9.11 Å². The fraction of sp³-hybridized carbons (Fsp3) is 0.455. The number of fused-ring (bicyclic) bond motifs is 2. The number of rotatable bonds is 19. The molecule has 0 fully saturated rings. The second-order valence-corrected chi connectivity index (χ2v) is 20.1. The molecule has 2 aromatic carbocycles. The van der Waals surface area contributed by atoms with E-state index in [1.807, 2.05) is 36.4 Å². The molecule has 5 rings (SSSR count). The van der Waals surface area contributed by atoms with Gasteiger partial charge in [0.1, 0.15) is 12.4 Å². The van der Waals surface area contributed by atoms with Crippen molar-refractivity contribution in [2.75, 3.05) is 23.0 Å². The molecule has 1 aliphatic heterocycles. The van der Waals surface area contributed by atoms with Crippen LogP contribution in [0.15, 0.2) is 72.4 Å². The molecular weight excluding hydrogens is 871 g/mol. The van der Waals surface area contributed by atoms with Gasteiger partial charge in [0.25, 0.3) is 20.2 Å². The van der Waals surface area contributed by atoms with Gasteiger partial charge in [-0.05, 0) is 80.9 Å². The summed E-state index contributed by atoms with van der Waals surface area (Å²) in [4.78, 5) is 18.9. The van der Waals surface area contributed by atoms with Crippen molar-refractivity contribution < 1.29 is 67.9 Å². The normalized spacial score (nSPS) is 16.7. The highest BCUT2D eigenvalue weighted by atomic mass is 32.2. The number of para-hydroxylation sites is 1. The Hall–Kier alpha value is -4.98. The zero-order valence-corrected chi connectivity index (χ0v) is 37.2. The molecule has 1 atom stereocenters. The maximum absolute atomic E-state index is 15.1. The third-order valence-corrected chi connectivity index (χ3v) is 12.7. The largest absolute Gasteiger partial charge is 0.492 e. The third kappa shape index (κ3) is 12.4. The van der Waals surface area contributed by atoms with Crippen LogP contribution in [0.25, 0.3) is 17.0 Å². The molecule has 0 saturated heterocycles. The summed E-state index contributed by atoms with van der Waals surface area (Å²) in [6.07, 6.45) is 2.12. The van der Waals surface area contributed by atoms with Crippen LogP contribution in [0.3, 0.4) is 0 Å². The van der Waals surface area contributed by atoms with Gasteiger partial charge in [0.15, 0.2) is 5.69 Å². The minimum absolute atomic E-state index is 0.0185. The maximum atomic E-state index is 15.1. The lowest BCUT2D eigenvalue weighted by Gasteiger charge is -2.31. The predicted octanol–water partition coefficient (Wildman–Crippen LogP) is 8.41. The summed E-state index contributed by atoms with van der Waals surface area (Å²) in [5, 5.41) is 20.4. The van der Waals surface area contributed by atoms with Crippen molar-refractivity contribution in [2.45, 2.75) is 109 Å². The Bertz CT molecular complexity index is 2580. The number of halogens is 4. The van der Waals surface area contributed by atoms with E-state index in [2.05, 4.69) is 25.3 Å². The van der Waals surface area contributed by atoms with Crippen LogP contribution in [-0.4, -0.2) is 64.9 Å². The van der Waals surface area contributed by atoms with E-state index in [4.69, 9.17) is 4.84 Å². The van der Waals surface area contributed by atoms with Gasteiger partial charge in [-0.25, -0.2) is 9.18 Å². The number of hydrogen-bond acceptors (Lipinski definition) is 9. The molecule has 0 bridgehead atoms. The summed E-state index contributed by atoms with van der Waals surface area (Å²) in [6.45, 7) is 8.31. The van der Waals surface area contributed by atoms with Crippen LogP contribution < -0.4 is 14.3 Å². The lowest BCUT2D eigenvalue weighted by molar-refractivity contribution is -0.682. The first kappa shape index (κ1) is 49.0. The summed E-state index contributed by atoms with van der Waals surface area (Å²) >= 11 is 0. The van der Waals surface area contributed by atoms with Crippen molar-refractivity contribution in [3.63, 3.8) is 0 Å². The number of aromatic nitrogens is 2. The maximum Gasteiger partial charge on any atom is 0.416 e. The standard InChI is InChI=1S/C44H53F4N3O10S2/c1-42(2,3)37-27-30(32-16-7-8-17-34(32)49(37)23-10-5-6-19-40(54)61-51-38(52)20-21-39(51)53)15-14-18-36-43(4,22-9-12-25-62(55,56)57)41-33(44(46,47)48)28-31(45)29-35(41)50(36)24-11-13-26-63(58,59)60/h7-8,14-18,20-21,27-29H,5-6,9-13,19,22-26H2,1-4H3,(H3-,52,53,55,56,57,58,59,60)/p+1. The first-order valence-electron chi connectivity index (χ1n) is 20.5. The number of carbonyl (C=O) groups excluding carboxylic acids is 1. The van der Waals surface area contributed by atoms with E-state index in [9.17, 15) is 54.1 Å². The Kier molecular flexibility index (Phi) is 15.1. The first-order valence-corrected chi connectivity index (χ1v) is 23.8. The van der Waals surface area contributed by atoms with E-state index in [0.717, 1.165) is 28.2 Å². The molecule has 13 nitrogen and oxygen atoms in total. The van der Waals surface area contributed by atoms with Crippen LogP contribution in [0, 0.1) is 5.82 Å². The number of pyridine rings is 1. The number of anilines is 1. The molecule has 0 aliphatic carbocycles. The zero-order valence-electron chi connectivity index (χ0n) is 35.5. The lowest BCUT2D eigenvalue weighted by Crippen LogP contribution is -2.44. The van der Waals surface area contributed by atoms with Crippen molar-refractivity contribution in [1.82, 2.24) is 4.73 Å². The molecule has 3 heterocycles. The second-order valence-electron chi connectivity index (χ2n) is 17.0. The Balaban J connectivity index is 1.51. The van der Waals surface area contributed by atoms with E-state index in [-0.39, 0.29) is 61.7 Å². The van der Waals surface area contributed by atoms with E-state index in [1.165, 1.54) is 17.0 Å². The molecule has 0 amide bonds. The van der Waals surface area contributed by atoms with Crippen molar-refractivity contribution >= 4 is 48.9 Å². The highest BCUT2D eigenvalue weighted by molar-refractivity contribution is 7.86. The van der Waals surface area contributed by atoms with Crippen molar-refractivity contribution in [1.29, 1.82) is 0 Å². The molecular formula is C44H54F4N3O10S2+. The minimum Gasteiger partial charge on any atom is -0.492 e. The summed E-state index contributed by atoms with van der Waals surface area (Å²) in [5.41, 5.74) is -0.320. The number of aryl methyl sites for hydroxylation is 1. The molecule has 0 radical (unpaired) electrons. The van der Waals surface area contributed by atoms with Crippen LogP contribution >= 0.6 is 0 Å². The molecule has 1 aliphatic rings. The topological polar surface area (TPSA) is 188 Å².